The molecule has 0 aromatic carbocycles. The topological polar surface area (TPSA) is 55.3 Å². The summed E-state index contributed by atoms with van der Waals surface area (Å²) in [5.74, 6) is 1.06. The van der Waals surface area contributed by atoms with Crippen LogP contribution in [-0.4, -0.2) is 39.9 Å². The molecule has 6 heteroatoms. The first-order valence-corrected chi connectivity index (χ1v) is 7.60. The minimum Gasteiger partial charge on any atom is -0.459 e. The number of carbonyl (C=O) groups excluding carboxylic acids is 1. The summed E-state index contributed by atoms with van der Waals surface area (Å²) in [7, 11) is 0. The van der Waals surface area contributed by atoms with Gasteiger partial charge in [-0.1, -0.05) is 27.2 Å². The van der Waals surface area contributed by atoms with Crippen LogP contribution >= 0.6 is 11.5 Å². The highest BCUT2D eigenvalue weighted by molar-refractivity contribution is 7.07. The number of likely N-dealkylation sites (N-methyl/N-ethyl adjacent to an activating group) is 1. The maximum absolute atomic E-state index is 12.0. The van der Waals surface area contributed by atoms with E-state index < -0.39 is 0 Å². The third-order valence-corrected chi connectivity index (χ3v) is 3.42. The lowest BCUT2D eigenvalue weighted by Crippen LogP contribution is -2.35. The molecule has 0 radical (unpaired) electrons. The van der Waals surface area contributed by atoms with E-state index in [9.17, 15) is 4.79 Å². The van der Waals surface area contributed by atoms with Gasteiger partial charge in [0.05, 0.1) is 0 Å². The molecule has 0 fully saturated rings. The van der Waals surface area contributed by atoms with Gasteiger partial charge >= 0.3 is 0 Å². The molecule has 1 aromatic heterocycles. The summed E-state index contributed by atoms with van der Waals surface area (Å²) in [6.45, 7) is 9.71. The Morgan fingerprint density at radius 2 is 2.16 bits per heavy atom. The normalized spacial score (nSPS) is 10.8. The average molecular weight is 285 g/mol. The zero-order valence-corrected chi connectivity index (χ0v) is 13.0. The number of rotatable bonds is 8. The van der Waals surface area contributed by atoms with E-state index in [4.69, 9.17) is 4.74 Å². The Morgan fingerprint density at radius 3 is 2.68 bits per heavy atom. The Balaban J connectivity index is 2.43. The second-order valence-electron chi connectivity index (χ2n) is 4.69. The van der Waals surface area contributed by atoms with Crippen LogP contribution in [0.2, 0.25) is 0 Å². The van der Waals surface area contributed by atoms with Gasteiger partial charge in [0.15, 0.2) is 6.61 Å². The first-order chi connectivity index (χ1) is 9.08. The molecule has 19 heavy (non-hydrogen) atoms. The molecule has 0 atom stereocenters. The van der Waals surface area contributed by atoms with E-state index in [1.807, 2.05) is 25.7 Å². The number of hydrogen-bond donors (Lipinski definition) is 0. The molecular weight excluding hydrogens is 262 g/mol. The van der Waals surface area contributed by atoms with Crippen molar-refractivity contribution < 1.29 is 9.53 Å². The molecule has 1 rings (SSSR count). The highest BCUT2D eigenvalue weighted by Gasteiger charge is 2.14. The van der Waals surface area contributed by atoms with E-state index in [0.29, 0.717) is 5.19 Å². The van der Waals surface area contributed by atoms with E-state index >= 15 is 0 Å². The van der Waals surface area contributed by atoms with E-state index in [-0.39, 0.29) is 18.4 Å². The molecule has 0 saturated heterocycles. The number of aromatic nitrogens is 2. The molecule has 1 aromatic rings. The maximum Gasteiger partial charge on any atom is 0.293 e. The lowest BCUT2D eigenvalue weighted by Gasteiger charge is -2.20. The quantitative estimate of drug-likeness (QED) is 0.737. The van der Waals surface area contributed by atoms with Crippen molar-refractivity contribution in [1.82, 2.24) is 14.3 Å². The van der Waals surface area contributed by atoms with Gasteiger partial charge in [-0.25, -0.2) is 0 Å². The third kappa shape index (κ3) is 5.14. The number of nitrogens with zero attached hydrogens (tertiary/aromatic N) is 3. The van der Waals surface area contributed by atoms with Crippen molar-refractivity contribution in [3.8, 4) is 5.19 Å². The lowest BCUT2D eigenvalue weighted by atomic mass is 10.2. The third-order valence-electron chi connectivity index (χ3n) is 2.77. The Bertz CT molecular complexity index is 393. The van der Waals surface area contributed by atoms with Gasteiger partial charge in [0.1, 0.15) is 5.82 Å². The standard InChI is InChI=1S/C13H23N3O2S/c1-5-7-8-16(6-2)11(17)9-18-13-14-12(10(3)4)15-19-13/h10H,5-9H2,1-4H3. The van der Waals surface area contributed by atoms with Crippen LogP contribution in [0.25, 0.3) is 0 Å². The number of carbonyl (C=O) groups is 1. The second kappa shape index (κ2) is 8.09. The Kier molecular flexibility index (Phi) is 6.77. The molecule has 5 nitrogen and oxygen atoms in total. The van der Waals surface area contributed by atoms with Gasteiger partial charge in [-0.15, -0.1) is 0 Å². The summed E-state index contributed by atoms with van der Waals surface area (Å²) < 4.78 is 9.60. The Hall–Kier alpha value is -1.17. The van der Waals surface area contributed by atoms with Crippen molar-refractivity contribution in [2.45, 2.75) is 46.5 Å². The molecule has 0 unspecified atom stereocenters. The summed E-state index contributed by atoms with van der Waals surface area (Å²) in [5.41, 5.74) is 0. The molecule has 0 spiro atoms. The van der Waals surface area contributed by atoms with Crippen molar-refractivity contribution in [3.05, 3.63) is 5.82 Å². The molecular formula is C13H23N3O2S. The smallest absolute Gasteiger partial charge is 0.293 e. The molecule has 1 heterocycles. The maximum atomic E-state index is 12.0. The first kappa shape index (κ1) is 15.9. The molecule has 0 saturated carbocycles. The molecule has 0 N–H and O–H groups in total. The minimum atomic E-state index is 0.0113. The molecule has 0 bridgehead atoms. The van der Waals surface area contributed by atoms with Crippen molar-refractivity contribution in [2.75, 3.05) is 19.7 Å². The summed E-state index contributed by atoms with van der Waals surface area (Å²) in [4.78, 5) is 18.0. The van der Waals surface area contributed by atoms with Crippen LogP contribution in [0.15, 0.2) is 0 Å². The van der Waals surface area contributed by atoms with Gasteiger partial charge in [0.2, 0.25) is 0 Å². The number of ether oxygens (including phenoxy) is 1. The zero-order valence-electron chi connectivity index (χ0n) is 12.2. The van der Waals surface area contributed by atoms with Gasteiger partial charge in [0.25, 0.3) is 11.1 Å². The van der Waals surface area contributed by atoms with E-state index in [2.05, 4.69) is 16.3 Å². The van der Waals surface area contributed by atoms with Crippen molar-refractivity contribution in [2.24, 2.45) is 0 Å². The fraction of sp³-hybridized carbons (Fsp3) is 0.769. The van der Waals surface area contributed by atoms with Crippen LogP contribution in [0, 0.1) is 0 Å². The molecule has 0 aliphatic heterocycles. The van der Waals surface area contributed by atoms with E-state index in [0.717, 1.165) is 31.8 Å². The SMILES string of the molecule is CCCCN(CC)C(=O)COc1nc(C(C)C)ns1. The molecule has 108 valence electrons. The van der Waals surface area contributed by atoms with Gasteiger partial charge in [-0.3, -0.25) is 4.79 Å². The number of amides is 1. The van der Waals surface area contributed by atoms with E-state index in [1.54, 1.807) is 0 Å². The van der Waals surface area contributed by atoms with Gasteiger partial charge in [0, 0.05) is 30.5 Å². The largest absolute Gasteiger partial charge is 0.459 e. The second-order valence-corrected chi connectivity index (χ2v) is 5.40. The van der Waals surface area contributed by atoms with Crippen molar-refractivity contribution in [1.29, 1.82) is 0 Å². The van der Waals surface area contributed by atoms with Gasteiger partial charge in [-0.2, -0.15) is 9.36 Å². The Morgan fingerprint density at radius 1 is 1.42 bits per heavy atom. The van der Waals surface area contributed by atoms with Crippen molar-refractivity contribution >= 4 is 17.4 Å². The molecule has 0 aliphatic rings. The predicted molar refractivity (Wildman–Crippen MR) is 76.7 cm³/mol. The predicted octanol–water partition coefficient (Wildman–Crippen LogP) is 2.69. The van der Waals surface area contributed by atoms with Crippen LogP contribution in [0.3, 0.4) is 0 Å². The monoisotopic (exact) mass is 285 g/mol. The highest BCUT2D eigenvalue weighted by atomic mass is 32.1. The first-order valence-electron chi connectivity index (χ1n) is 6.82. The summed E-state index contributed by atoms with van der Waals surface area (Å²) in [5, 5.41) is 0.476. The Labute approximate surface area is 119 Å². The van der Waals surface area contributed by atoms with Crippen molar-refractivity contribution in [3.63, 3.8) is 0 Å². The number of hydrogen-bond acceptors (Lipinski definition) is 5. The molecule has 0 aliphatic carbocycles. The van der Waals surface area contributed by atoms with Crippen LogP contribution in [-0.2, 0) is 4.79 Å². The average Bonchev–Trinajstić information content (AvgIpc) is 2.86. The van der Waals surface area contributed by atoms with Gasteiger partial charge in [-0.05, 0) is 13.3 Å². The lowest BCUT2D eigenvalue weighted by molar-refractivity contribution is -0.133. The number of unbranched alkanes of at least 4 members (excludes halogenated alkanes) is 1. The highest BCUT2D eigenvalue weighted by Crippen LogP contribution is 2.19. The van der Waals surface area contributed by atoms with Gasteiger partial charge < -0.3 is 9.64 Å². The minimum absolute atomic E-state index is 0.0113. The zero-order chi connectivity index (χ0) is 14.3. The summed E-state index contributed by atoms with van der Waals surface area (Å²) in [6.07, 6.45) is 2.11. The molecule has 1 amide bonds. The van der Waals surface area contributed by atoms with E-state index in [1.165, 1.54) is 11.5 Å². The van der Waals surface area contributed by atoms with Crippen LogP contribution in [0.5, 0.6) is 5.19 Å². The summed E-state index contributed by atoms with van der Waals surface area (Å²) >= 11 is 1.20. The fourth-order valence-corrected chi connectivity index (χ4v) is 2.21. The van der Waals surface area contributed by atoms with Crippen LogP contribution < -0.4 is 4.74 Å². The fourth-order valence-electron chi connectivity index (χ4n) is 1.54. The van der Waals surface area contributed by atoms with Crippen LogP contribution in [0.4, 0.5) is 0 Å². The summed E-state index contributed by atoms with van der Waals surface area (Å²) in [6, 6.07) is 0. The van der Waals surface area contributed by atoms with Crippen LogP contribution in [0.1, 0.15) is 52.3 Å².